The molecule has 0 spiro atoms. The molecule has 0 aliphatic heterocycles. The molecule has 0 aliphatic rings. The van der Waals surface area contributed by atoms with E-state index in [1.54, 1.807) is 23.5 Å². The number of rotatable bonds is 1. The molecule has 0 saturated carbocycles. The highest BCUT2D eigenvalue weighted by Crippen LogP contribution is 2.35. The van der Waals surface area contributed by atoms with Gasteiger partial charge in [-0.1, -0.05) is 18.2 Å². The van der Waals surface area contributed by atoms with E-state index in [-0.39, 0.29) is 5.56 Å². The molecule has 0 aliphatic carbocycles. The summed E-state index contributed by atoms with van der Waals surface area (Å²) in [5, 5.41) is 11.1. The molecule has 3 aromatic rings. The van der Waals surface area contributed by atoms with Gasteiger partial charge in [-0.2, -0.15) is 0 Å². The van der Waals surface area contributed by atoms with Crippen molar-refractivity contribution in [1.82, 2.24) is 0 Å². The Balaban J connectivity index is 2.47. The predicted octanol–water partition coefficient (Wildman–Crippen LogP) is 3.33. The van der Waals surface area contributed by atoms with Crippen LogP contribution in [0.25, 0.3) is 20.2 Å². The summed E-state index contributed by atoms with van der Waals surface area (Å²) in [4.78, 5) is 11.0. The van der Waals surface area contributed by atoms with Crippen molar-refractivity contribution >= 4 is 43.2 Å². The second-order valence-corrected chi connectivity index (χ2v) is 4.92. The first-order valence-electron chi connectivity index (χ1n) is 5.11. The number of fused-ring (bicyclic) bond motifs is 3. The zero-order chi connectivity index (χ0) is 12.0. The molecular weight excluding hydrogens is 234 g/mol. The molecule has 3 N–H and O–H groups in total. The molecule has 84 valence electrons. The molecule has 0 bridgehead atoms. The van der Waals surface area contributed by atoms with Crippen LogP contribution in [0.15, 0.2) is 36.4 Å². The van der Waals surface area contributed by atoms with Gasteiger partial charge in [0.1, 0.15) is 0 Å². The van der Waals surface area contributed by atoms with Gasteiger partial charge in [-0.05, 0) is 18.2 Å². The van der Waals surface area contributed by atoms with Crippen molar-refractivity contribution in [3.63, 3.8) is 0 Å². The van der Waals surface area contributed by atoms with Crippen molar-refractivity contribution < 1.29 is 9.90 Å². The lowest BCUT2D eigenvalue weighted by Gasteiger charge is -2.00. The summed E-state index contributed by atoms with van der Waals surface area (Å²) in [5.74, 6) is -0.986. The van der Waals surface area contributed by atoms with E-state index in [9.17, 15) is 4.79 Å². The number of carboxylic acids is 1. The third-order valence-electron chi connectivity index (χ3n) is 2.78. The fraction of sp³-hybridized carbons (Fsp3) is 0. The molecular formula is C13H9NO2S. The lowest BCUT2D eigenvalue weighted by molar-refractivity contribution is 0.0698. The third-order valence-corrected chi connectivity index (χ3v) is 3.91. The van der Waals surface area contributed by atoms with Crippen molar-refractivity contribution in [3.8, 4) is 0 Å². The van der Waals surface area contributed by atoms with Crippen LogP contribution in [-0.4, -0.2) is 11.1 Å². The van der Waals surface area contributed by atoms with E-state index in [0.29, 0.717) is 5.69 Å². The van der Waals surface area contributed by atoms with E-state index in [1.165, 1.54) is 0 Å². The number of hydrogen-bond donors (Lipinski definition) is 2. The minimum Gasteiger partial charge on any atom is -0.478 e. The van der Waals surface area contributed by atoms with Gasteiger partial charge in [-0.3, -0.25) is 0 Å². The van der Waals surface area contributed by atoms with Crippen LogP contribution in [0.5, 0.6) is 0 Å². The third kappa shape index (κ3) is 1.45. The van der Waals surface area contributed by atoms with Gasteiger partial charge in [-0.15, -0.1) is 11.3 Å². The number of benzene rings is 2. The second-order valence-electron chi connectivity index (χ2n) is 3.84. The molecule has 2 aromatic carbocycles. The van der Waals surface area contributed by atoms with Crippen LogP contribution in [0.3, 0.4) is 0 Å². The van der Waals surface area contributed by atoms with E-state index in [2.05, 4.69) is 0 Å². The summed E-state index contributed by atoms with van der Waals surface area (Å²) in [5.41, 5.74) is 6.22. The summed E-state index contributed by atoms with van der Waals surface area (Å²) in [6, 6.07) is 11.3. The molecule has 0 unspecified atom stereocenters. The normalized spacial score (nSPS) is 11.1. The number of nitrogen functional groups attached to an aromatic ring is 1. The predicted molar refractivity (Wildman–Crippen MR) is 70.7 cm³/mol. The molecule has 0 saturated heterocycles. The first-order valence-corrected chi connectivity index (χ1v) is 5.92. The standard InChI is InChI=1S/C13H9NO2S/c14-10-6-12-8(5-9(10)13(15)16)7-3-1-2-4-11(7)17-12/h1-6H,14H2,(H,15,16). The minimum absolute atomic E-state index is 0.168. The Kier molecular flexibility index (Phi) is 2.06. The number of anilines is 1. The maximum atomic E-state index is 11.0. The lowest BCUT2D eigenvalue weighted by atomic mass is 10.1. The summed E-state index contributed by atoms with van der Waals surface area (Å²) in [6.45, 7) is 0. The number of carbonyl (C=O) groups is 1. The van der Waals surface area contributed by atoms with Crippen molar-refractivity contribution in [2.45, 2.75) is 0 Å². The highest BCUT2D eigenvalue weighted by molar-refractivity contribution is 7.25. The molecule has 4 heteroatoms. The molecule has 1 aromatic heterocycles. The first kappa shape index (κ1) is 10.1. The van der Waals surface area contributed by atoms with Crippen LogP contribution in [0, 0.1) is 0 Å². The van der Waals surface area contributed by atoms with E-state index >= 15 is 0 Å². The van der Waals surface area contributed by atoms with Gasteiger partial charge in [0.2, 0.25) is 0 Å². The second kappa shape index (κ2) is 3.46. The van der Waals surface area contributed by atoms with Crippen molar-refractivity contribution in [2.75, 3.05) is 5.73 Å². The monoisotopic (exact) mass is 243 g/mol. The number of hydrogen-bond acceptors (Lipinski definition) is 3. The number of thiophene rings is 1. The summed E-state index contributed by atoms with van der Waals surface area (Å²) in [6.07, 6.45) is 0. The van der Waals surface area contributed by atoms with Crippen molar-refractivity contribution in [3.05, 3.63) is 42.0 Å². The quantitative estimate of drug-likeness (QED) is 0.644. The Morgan fingerprint density at radius 1 is 1.12 bits per heavy atom. The van der Waals surface area contributed by atoms with Gasteiger partial charge in [-0.25, -0.2) is 4.79 Å². The van der Waals surface area contributed by atoms with E-state index in [0.717, 1.165) is 20.2 Å². The average molecular weight is 243 g/mol. The number of nitrogens with two attached hydrogens (primary N) is 1. The summed E-state index contributed by atoms with van der Waals surface area (Å²) >= 11 is 1.62. The maximum absolute atomic E-state index is 11.0. The van der Waals surface area contributed by atoms with Gasteiger partial charge in [0.25, 0.3) is 0 Å². The first-order chi connectivity index (χ1) is 8.16. The fourth-order valence-corrected chi connectivity index (χ4v) is 3.11. The molecule has 17 heavy (non-hydrogen) atoms. The van der Waals surface area contributed by atoms with Crippen molar-refractivity contribution in [1.29, 1.82) is 0 Å². The molecule has 0 fully saturated rings. The maximum Gasteiger partial charge on any atom is 0.337 e. The molecule has 0 atom stereocenters. The lowest BCUT2D eigenvalue weighted by Crippen LogP contribution is -2.01. The Hall–Kier alpha value is -2.07. The Labute approximate surface area is 101 Å². The van der Waals surface area contributed by atoms with Crippen LogP contribution in [0.2, 0.25) is 0 Å². The van der Waals surface area contributed by atoms with Crippen LogP contribution in [0.4, 0.5) is 5.69 Å². The van der Waals surface area contributed by atoms with E-state index in [4.69, 9.17) is 10.8 Å². The molecule has 1 heterocycles. The molecule has 3 rings (SSSR count). The highest BCUT2D eigenvalue weighted by Gasteiger charge is 2.12. The topological polar surface area (TPSA) is 63.3 Å². The van der Waals surface area contributed by atoms with Gasteiger partial charge in [0.05, 0.1) is 5.56 Å². The van der Waals surface area contributed by atoms with E-state index in [1.807, 2.05) is 24.3 Å². The largest absolute Gasteiger partial charge is 0.478 e. The molecule has 0 radical (unpaired) electrons. The smallest absolute Gasteiger partial charge is 0.337 e. The van der Waals surface area contributed by atoms with Crippen molar-refractivity contribution in [2.24, 2.45) is 0 Å². The van der Waals surface area contributed by atoms with Gasteiger partial charge in [0, 0.05) is 25.9 Å². The average Bonchev–Trinajstić information content (AvgIpc) is 2.64. The fourth-order valence-electron chi connectivity index (χ4n) is 1.97. The van der Waals surface area contributed by atoms with E-state index < -0.39 is 5.97 Å². The number of carboxylic acid groups (broad SMARTS) is 1. The minimum atomic E-state index is -0.986. The van der Waals surface area contributed by atoms with Gasteiger partial charge in [0.15, 0.2) is 0 Å². The van der Waals surface area contributed by atoms with Crippen LogP contribution in [0.1, 0.15) is 10.4 Å². The highest BCUT2D eigenvalue weighted by atomic mass is 32.1. The Morgan fingerprint density at radius 2 is 1.88 bits per heavy atom. The number of aromatic carboxylic acids is 1. The van der Waals surface area contributed by atoms with Gasteiger partial charge < -0.3 is 10.8 Å². The summed E-state index contributed by atoms with van der Waals surface area (Å²) in [7, 11) is 0. The molecule has 0 amide bonds. The van der Waals surface area contributed by atoms with Crippen LogP contribution >= 0.6 is 11.3 Å². The zero-order valence-corrected chi connectivity index (χ0v) is 9.62. The SMILES string of the molecule is Nc1cc2sc3ccccc3c2cc1C(=O)O. The van der Waals surface area contributed by atoms with Crippen LogP contribution < -0.4 is 5.73 Å². The zero-order valence-electron chi connectivity index (χ0n) is 8.81. The molecule has 3 nitrogen and oxygen atoms in total. The van der Waals surface area contributed by atoms with Gasteiger partial charge >= 0.3 is 5.97 Å². The summed E-state index contributed by atoms with van der Waals surface area (Å²) < 4.78 is 2.16. The van der Waals surface area contributed by atoms with Crippen LogP contribution in [-0.2, 0) is 0 Å². The Morgan fingerprint density at radius 3 is 2.65 bits per heavy atom. The Bertz CT molecular complexity index is 746.